The SMILES string of the molecule is N#Cc1ccc(NCc2ccnc3ccnn23)cn1. The Labute approximate surface area is 109 Å². The third-order valence-corrected chi connectivity index (χ3v) is 2.72. The van der Waals surface area contributed by atoms with Gasteiger partial charge in [-0.3, -0.25) is 0 Å². The molecule has 0 saturated heterocycles. The van der Waals surface area contributed by atoms with E-state index in [1.54, 1.807) is 29.2 Å². The summed E-state index contributed by atoms with van der Waals surface area (Å²) in [6.07, 6.45) is 5.11. The van der Waals surface area contributed by atoms with Gasteiger partial charge in [0.05, 0.1) is 30.3 Å². The fourth-order valence-corrected chi connectivity index (χ4v) is 1.78. The second-order valence-electron chi connectivity index (χ2n) is 3.93. The number of nitrogens with one attached hydrogen (secondary N) is 1. The Balaban J connectivity index is 1.78. The third kappa shape index (κ3) is 2.21. The summed E-state index contributed by atoms with van der Waals surface area (Å²) in [5.74, 6) is 0. The number of nitriles is 1. The minimum absolute atomic E-state index is 0.406. The molecule has 3 heterocycles. The quantitative estimate of drug-likeness (QED) is 0.764. The molecular weight excluding hydrogens is 240 g/mol. The van der Waals surface area contributed by atoms with Crippen molar-refractivity contribution in [2.75, 3.05) is 5.32 Å². The van der Waals surface area contributed by atoms with Crippen molar-refractivity contribution in [3.05, 3.63) is 54.2 Å². The second kappa shape index (κ2) is 4.74. The molecule has 92 valence electrons. The Bertz CT molecular complexity index is 738. The van der Waals surface area contributed by atoms with E-state index in [4.69, 9.17) is 5.26 Å². The number of nitrogens with zero attached hydrogens (tertiary/aromatic N) is 5. The smallest absolute Gasteiger partial charge is 0.155 e. The van der Waals surface area contributed by atoms with Crippen LogP contribution in [0.1, 0.15) is 11.4 Å². The fourth-order valence-electron chi connectivity index (χ4n) is 1.78. The standard InChI is InChI=1S/C13H10N6/c14-7-10-1-2-11(8-16-10)17-9-12-3-5-15-13-4-6-18-19(12)13/h1-6,8,17H,9H2. The van der Waals surface area contributed by atoms with Crippen molar-refractivity contribution in [3.63, 3.8) is 0 Å². The van der Waals surface area contributed by atoms with Gasteiger partial charge in [-0.05, 0) is 18.2 Å². The number of hydrogen-bond acceptors (Lipinski definition) is 5. The van der Waals surface area contributed by atoms with Crippen LogP contribution in [0.15, 0.2) is 42.9 Å². The van der Waals surface area contributed by atoms with Crippen LogP contribution in [0.4, 0.5) is 5.69 Å². The number of pyridine rings is 1. The number of hydrogen-bond donors (Lipinski definition) is 1. The maximum atomic E-state index is 8.68. The van der Waals surface area contributed by atoms with Crippen LogP contribution in [0.25, 0.3) is 5.65 Å². The molecule has 0 saturated carbocycles. The normalized spacial score (nSPS) is 10.3. The molecule has 0 bridgehead atoms. The van der Waals surface area contributed by atoms with Gasteiger partial charge in [-0.25, -0.2) is 14.5 Å². The molecule has 0 amide bonds. The molecule has 0 atom stereocenters. The highest BCUT2D eigenvalue weighted by molar-refractivity contribution is 5.44. The zero-order valence-electron chi connectivity index (χ0n) is 9.98. The lowest BCUT2D eigenvalue weighted by atomic mass is 10.3. The van der Waals surface area contributed by atoms with E-state index in [1.165, 1.54) is 0 Å². The fraction of sp³-hybridized carbons (Fsp3) is 0.0769. The van der Waals surface area contributed by atoms with Gasteiger partial charge in [-0.2, -0.15) is 10.4 Å². The van der Waals surface area contributed by atoms with Gasteiger partial charge in [0.2, 0.25) is 0 Å². The molecule has 3 aromatic rings. The molecule has 0 aromatic carbocycles. The van der Waals surface area contributed by atoms with E-state index >= 15 is 0 Å². The Morgan fingerprint density at radius 2 is 2.11 bits per heavy atom. The number of fused-ring (bicyclic) bond motifs is 1. The average molecular weight is 250 g/mol. The average Bonchev–Trinajstić information content (AvgIpc) is 2.94. The van der Waals surface area contributed by atoms with Crippen LogP contribution in [-0.4, -0.2) is 19.6 Å². The van der Waals surface area contributed by atoms with E-state index in [0.29, 0.717) is 12.2 Å². The number of rotatable bonds is 3. The summed E-state index contributed by atoms with van der Waals surface area (Å²) >= 11 is 0. The van der Waals surface area contributed by atoms with Gasteiger partial charge in [0.25, 0.3) is 0 Å². The first-order chi connectivity index (χ1) is 9.36. The predicted molar refractivity (Wildman–Crippen MR) is 69.3 cm³/mol. The molecule has 6 nitrogen and oxygen atoms in total. The molecule has 0 unspecified atom stereocenters. The van der Waals surface area contributed by atoms with Crippen LogP contribution in [0.5, 0.6) is 0 Å². The summed E-state index contributed by atoms with van der Waals surface area (Å²) < 4.78 is 1.78. The molecule has 3 aromatic heterocycles. The van der Waals surface area contributed by atoms with Crippen molar-refractivity contribution in [1.82, 2.24) is 19.6 Å². The molecule has 0 aliphatic carbocycles. The minimum atomic E-state index is 0.406. The van der Waals surface area contributed by atoms with Gasteiger partial charge in [0.15, 0.2) is 5.65 Å². The Morgan fingerprint density at radius 3 is 2.89 bits per heavy atom. The van der Waals surface area contributed by atoms with E-state index in [1.807, 2.05) is 24.3 Å². The molecule has 0 aliphatic rings. The molecule has 1 N–H and O–H groups in total. The molecule has 0 radical (unpaired) electrons. The molecule has 6 heteroatoms. The zero-order chi connectivity index (χ0) is 13.1. The Hall–Kier alpha value is -2.94. The summed E-state index contributed by atoms with van der Waals surface area (Å²) in [6.45, 7) is 0.605. The monoisotopic (exact) mass is 250 g/mol. The zero-order valence-corrected chi connectivity index (χ0v) is 9.98. The van der Waals surface area contributed by atoms with Crippen molar-refractivity contribution in [2.24, 2.45) is 0 Å². The van der Waals surface area contributed by atoms with Gasteiger partial charge in [0.1, 0.15) is 11.8 Å². The molecule has 0 spiro atoms. The topological polar surface area (TPSA) is 78.9 Å². The van der Waals surface area contributed by atoms with E-state index in [9.17, 15) is 0 Å². The summed E-state index contributed by atoms with van der Waals surface area (Å²) in [4.78, 5) is 8.21. The minimum Gasteiger partial charge on any atom is -0.378 e. The summed E-state index contributed by atoms with van der Waals surface area (Å²) in [5.41, 5.74) is 3.08. The van der Waals surface area contributed by atoms with Crippen molar-refractivity contribution in [2.45, 2.75) is 6.54 Å². The predicted octanol–water partition coefficient (Wildman–Crippen LogP) is 1.61. The van der Waals surface area contributed by atoms with E-state index in [0.717, 1.165) is 17.0 Å². The van der Waals surface area contributed by atoms with Gasteiger partial charge >= 0.3 is 0 Å². The highest BCUT2D eigenvalue weighted by atomic mass is 15.3. The molecule has 0 aliphatic heterocycles. The first-order valence-corrected chi connectivity index (χ1v) is 5.74. The maximum Gasteiger partial charge on any atom is 0.155 e. The van der Waals surface area contributed by atoms with Crippen LogP contribution < -0.4 is 5.32 Å². The van der Waals surface area contributed by atoms with Gasteiger partial charge in [0, 0.05) is 12.3 Å². The third-order valence-electron chi connectivity index (χ3n) is 2.72. The van der Waals surface area contributed by atoms with Crippen molar-refractivity contribution in [1.29, 1.82) is 5.26 Å². The lowest BCUT2D eigenvalue weighted by Gasteiger charge is -2.07. The van der Waals surface area contributed by atoms with Crippen molar-refractivity contribution in [3.8, 4) is 6.07 Å². The first-order valence-electron chi connectivity index (χ1n) is 5.74. The summed E-state index contributed by atoms with van der Waals surface area (Å²) in [5, 5.41) is 16.1. The molecule has 3 rings (SSSR count). The van der Waals surface area contributed by atoms with E-state index in [-0.39, 0.29) is 0 Å². The maximum absolute atomic E-state index is 8.68. The van der Waals surface area contributed by atoms with Crippen molar-refractivity contribution >= 4 is 11.3 Å². The van der Waals surface area contributed by atoms with Crippen LogP contribution in [0.3, 0.4) is 0 Å². The van der Waals surface area contributed by atoms with E-state index in [2.05, 4.69) is 20.4 Å². The number of aromatic nitrogens is 4. The first kappa shape index (κ1) is 11.2. The van der Waals surface area contributed by atoms with Crippen LogP contribution >= 0.6 is 0 Å². The van der Waals surface area contributed by atoms with Crippen molar-refractivity contribution < 1.29 is 0 Å². The highest BCUT2D eigenvalue weighted by Crippen LogP contribution is 2.09. The molecule has 19 heavy (non-hydrogen) atoms. The highest BCUT2D eigenvalue weighted by Gasteiger charge is 2.02. The Morgan fingerprint density at radius 1 is 1.16 bits per heavy atom. The lowest BCUT2D eigenvalue weighted by molar-refractivity contribution is 0.854. The Kier molecular flexibility index (Phi) is 2.79. The van der Waals surface area contributed by atoms with Gasteiger partial charge < -0.3 is 5.32 Å². The van der Waals surface area contributed by atoms with Crippen LogP contribution in [0.2, 0.25) is 0 Å². The van der Waals surface area contributed by atoms with Crippen LogP contribution in [-0.2, 0) is 6.54 Å². The van der Waals surface area contributed by atoms with Gasteiger partial charge in [-0.15, -0.1) is 0 Å². The lowest BCUT2D eigenvalue weighted by Crippen LogP contribution is -2.06. The van der Waals surface area contributed by atoms with E-state index < -0.39 is 0 Å². The summed E-state index contributed by atoms with van der Waals surface area (Å²) in [6, 6.07) is 9.25. The van der Waals surface area contributed by atoms with Gasteiger partial charge in [-0.1, -0.05) is 0 Å². The largest absolute Gasteiger partial charge is 0.378 e. The second-order valence-corrected chi connectivity index (χ2v) is 3.93. The molecular formula is C13H10N6. The summed E-state index contributed by atoms with van der Waals surface area (Å²) in [7, 11) is 0. The van der Waals surface area contributed by atoms with Crippen LogP contribution in [0, 0.1) is 11.3 Å². The number of anilines is 1. The molecule has 0 fully saturated rings.